The number of aliphatic hydroxyl groups excluding tert-OH is 1. The van der Waals surface area contributed by atoms with Crippen molar-refractivity contribution >= 4 is 5.91 Å². The highest BCUT2D eigenvalue weighted by molar-refractivity contribution is 5.80. The lowest BCUT2D eigenvalue weighted by molar-refractivity contribution is -0.139. The fourth-order valence-corrected chi connectivity index (χ4v) is 2.32. The lowest BCUT2D eigenvalue weighted by Crippen LogP contribution is -2.53. The second-order valence-corrected chi connectivity index (χ2v) is 4.76. The Morgan fingerprint density at radius 1 is 1.40 bits per heavy atom. The van der Waals surface area contributed by atoms with Gasteiger partial charge in [-0.2, -0.15) is 0 Å². The number of hydrogen-bond acceptors (Lipinski definition) is 3. The number of nitrogens with one attached hydrogen (secondary N) is 1. The van der Waals surface area contributed by atoms with Crippen LogP contribution in [0.1, 0.15) is 19.8 Å². The van der Waals surface area contributed by atoms with Gasteiger partial charge < -0.3 is 15.3 Å². The van der Waals surface area contributed by atoms with E-state index >= 15 is 0 Å². The lowest BCUT2D eigenvalue weighted by Gasteiger charge is -2.37. The van der Waals surface area contributed by atoms with Crippen LogP contribution in [-0.2, 0) is 4.79 Å². The van der Waals surface area contributed by atoms with Crippen LogP contribution in [0.2, 0.25) is 0 Å². The van der Waals surface area contributed by atoms with E-state index in [9.17, 15) is 9.90 Å². The number of carbonyl (C=O) groups is 1. The van der Waals surface area contributed by atoms with Gasteiger partial charge in [0.1, 0.15) is 0 Å². The van der Waals surface area contributed by atoms with Gasteiger partial charge in [0.05, 0.1) is 12.0 Å². The van der Waals surface area contributed by atoms with E-state index in [2.05, 4.69) is 5.32 Å². The Labute approximate surface area is 90.6 Å². The molecule has 4 heteroatoms. The van der Waals surface area contributed by atoms with E-state index in [4.69, 9.17) is 0 Å². The van der Waals surface area contributed by atoms with Gasteiger partial charge in [-0.1, -0.05) is 0 Å². The molecule has 0 aliphatic carbocycles. The van der Waals surface area contributed by atoms with Crippen molar-refractivity contribution in [1.29, 1.82) is 0 Å². The normalized spacial score (nSPS) is 26.1. The minimum atomic E-state index is -0.229. The van der Waals surface area contributed by atoms with E-state index in [1.54, 1.807) is 0 Å². The highest BCUT2D eigenvalue weighted by Crippen LogP contribution is 2.22. The maximum atomic E-state index is 11.9. The number of aliphatic hydroxyl groups is 1. The van der Waals surface area contributed by atoms with Gasteiger partial charge in [0.25, 0.3) is 0 Å². The molecular weight excluding hydrogens is 192 g/mol. The molecular formula is C11H20N2O2. The fraction of sp³-hybridized carbons (Fsp3) is 0.909. The molecule has 2 aliphatic heterocycles. The van der Waals surface area contributed by atoms with E-state index in [0.717, 1.165) is 39.0 Å². The van der Waals surface area contributed by atoms with Crippen molar-refractivity contribution < 1.29 is 9.90 Å². The van der Waals surface area contributed by atoms with Crippen molar-refractivity contribution in [2.75, 3.05) is 26.2 Å². The van der Waals surface area contributed by atoms with Crippen LogP contribution in [0.4, 0.5) is 0 Å². The van der Waals surface area contributed by atoms with Crippen molar-refractivity contribution in [3.8, 4) is 0 Å². The number of likely N-dealkylation sites (tertiary alicyclic amines) is 1. The maximum Gasteiger partial charge on any atom is 0.228 e. The SMILES string of the molecule is C[C@H](O)C1CCN(C(=O)C2CNC2)CC1. The summed E-state index contributed by atoms with van der Waals surface area (Å²) >= 11 is 0. The number of amides is 1. The van der Waals surface area contributed by atoms with Crippen LogP contribution in [0.25, 0.3) is 0 Å². The number of carbonyl (C=O) groups excluding carboxylic acids is 1. The van der Waals surface area contributed by atoms with Crippen LogP contribution in [0.3, 0.4) is 0 Å². The van der Waals surface area contributed by atoms with Gasteiger partial charge in [-0.3, -0.25) is 4.79 Å². The molecule has 86 valence electrons. The summed E-state index contributed by atoms with van der Waals surface area (Å²) in [6.45, 7) is 5.18. The molecule has 2 heterocycles. The van der Waals surface area contributed by atoms with Gasteiger partial charge in [0, 0.05) is 26.2 Å². The zero-order valence-electron chi connectivity index (χ0n) is 9.28. The number of piperidine rings is 1. The van der Waals surface area contributed by atoms with Gasteiger partial charge in [-0.25, -0.2) is 0 Å². The second-order valence-electron chi connectivity index (χ2n) is 4.76. The Morgan fingerprint density at radius 3 is 2.40 bits per heavy atom. The summed E-state index contributed by atoms with van der Waals surface area (Å²) in [6.07, 6.45) is 1.67. The van der Waals surface area contributed by atoms with Crippen molar-refractivity contribution in [3.63, 3.8) is 0 Å². The molecule has 2 N–H and O–H groups in total. The first-order valence-corrected chi connectivity index (χ1v) is 5.86. The van der Waals surface area contributed by atoms with Crippen molar-refractivity contribution in [3.05, 3.63) is 0 Å². The summed E-state index contributed by atoms with van der Waals surface area (Å²) in [5, 5.41) is 12.6. The summed E-state index contributed by atoms with van der Waals surface area (Å²) in [5.74, 6) is 0.902. The summed E-state index contributed by atoms with van der Waals surface area (Å²) in [4.78, 5) is 13.8. The van der Waals surface area contributed by atoms with Gasteiger partial charge in [0.15, 0.2) is 0 Å². The Bertz CT molecular complexity index is 231. The molecule has 0 aromatic carbocycles. The molecule has 0 aromatic rings. The molecule has 1 atom stereocenters. The van der Waals surface area contributed by atoms with E-state index in [1.165, 1.54) is 0 Å². The Hall–Kier alpha value is -0.610. The van der Waals surface area contributed by atoms with Crippen LogP contribution in [0.5, 0.6) is 0 Å². The van der Waals surface area contributed by atoms with Crippen LogP contribution in [0, 0.1) is 11.8 Å². The van der Waals surface area contributed by atoms with Crippen molar-refractivity contribution in [2.45, 2.75) is 25.9 Å². The van der Waals surface area contributed by atoms with Crippen LogP contribution in [-0.4, -0.2) is 48.2 Å². The first-order valence-electron chi connectivity index (χ1n) is 5.86. The third-order valence-electron chi connectivity index (χ3n) is 3.66. The highest BCUT2D eigenvalue weighted by Gasteiger charge is 2.32. The van der Waals surface area contributed by atoms with Gasteiger partial charge in [0.2, 0.25) is 5.91 Å². The predicted molar refractivity (Wildman–Crippen MR) is 57.3 cm³/mol. The molecule has 0 aromatic heterocycles. The van der Waals surface area contributed by atoms with Crippen molar-refractivity contribution in [1.82, 2.24) is 10.2 Å². The van der Waals surface area contributed by atoms with E-state index in [-0.39, 0.29) is 12.0 Å². The Balaban J connectivity index is 1.79. The topological polar surface area (TPSA) is 52.6 Å². The van der Waals surface area contributed by atoms with E-state index in [0.29, 0.717) is 11.8 Å². The minimum absolute atomic E-state index is 0.216. The predicted octanol–water partition coefficient (Wildman–Crippen LogP) is -0.175. The molecule has 0 unspecified atom stereocenters. The molecule has 2 aliphatic rings. The summed E-state index contributed by atoms with van der Waals surface area (Å²) in [5.41, 5.74) is 0. The largest absolute Gasteiger partial charge is 0.393 e. The van der Waals surface area contributed by atoms with Gasteiger partial charge >= 0.3 is 0 Å². The van der Waals surface area contributed by atoms with Crippen LogP contribution < -0.4 is 5.32 Å². The average Bonchev–Trinajstić information content (AvgIpc) is 2.15. The molecule has 0 spiro atoms. The van der Waals surface area contributed by atoms with E-state index < -0.39 is 0 Å². The molecule has 1 amide bonds. The summed E-state index contributed by atoms with van der Waals surface area (Å²) in [7, 11) is 0. The highest BCUT2D eigenvalue weighted by atomic mass is 16.3. The first-order chi connectivity index (χ1) is 7.18. The Kier molecular flexibility index (Phi) is 3.26. The number of rotatable bonds is 2. The molecule has 15 heavy (non-hydrogen) atoms. The molecule has 0 bridgehead atoms. The molecule has 2 fully saturated rings. The number of nitrogens with zero attached hydrogens (tertiary/aromatic N) is 1. The standard InChI is InChI=1S/C11H20N2O2/c1-8(14)9-2-4-13(5-3-9)11(15)10-6-12-7-10/h8-10,12,14H,2-7H2,1H3/t8-/m0/s1. The lowest BCUT2D eigenvalue weighted by atomic mass is 9.91. The molecule has 4 nitrogen and oxygen atoms in total. The molecule has 2 rings (SSSR count). The zero-order valence-corrected chi connectivity index (χ0v) is 9.28. The third kappa shape index (κ3) is 2.32. The molecule has 2 saturated heterocycles. The van der Waals surface area contributed by atoms with Gasteiger partial charge in [-0.05, 0) is 25.7 Å². The fourth-order valence-electron chi connectivity index (χ4n) is 2.32. The zero-order chi connectivity index (χ0) is 10.8. The van der Waals surface area contributed by atoms with Gasteiger partial charge in [-0.15, -0.1) is 0 Å². The number of hydrogen-bond donors (Lipinski definition) is 2. The summed E-state index contributed by atoms with van der Waals surface area (Å²) < 4.78 is 0. The second kappa shape index (κ2) is 4.49. The van der Waals surface area contributed by atoms with E-state index in [1.807, 2.05) is 11.8 Å². The molecule has 0 saturated carbocycles. The quantitative estimate of drug-likeness (QED) is 0.668. The average molecular weight is 212 g/mol. The third-order valence-corrected chi connectivity index (χ3v) is 3.66. The van der Waals surface area contributed by atoms with Crippen LogP contribution in [0.15, 0.2) is 0 Å². The Morgan fingerprint density at radius 2 is 2.00 bits per heavy atom. The molecule has 0 radical (unpaired) electrons. The van der Waals surface area contributed by atoms with Crippen molar-refractivity contribution in [2.24, 2.45) is 11.8 Å². The maximum absolute atomic E-state index is 11.9. The minimum Gasteiger partial charge on any atom is -0.393 e. The summed E-state index contributed by atoms with van der Waals surface area (Å²) in [6, 6.07) is 0. The smallest absolute Gasteiger partial charge is 0.228 e. The monoisotopic (exact) mass is 212 g/mol. The van der Waals surface area contributed by atoms with Crippen LogP contribution >= 0.6 is 0 Å². The first kappa shape index (κ1) is 10.9.